The third-order valence-electron chi connectivity index (χ3n) is 1.98. The Kier molecular flexibility index (Phi) is 1.59. The molecule has 0 fully saturated rings. The Morgan fingerprint density at radius 3 is 2.73 bits per heavy atom. The van der Waals surface area contributed by atoms with E-state index in [4.69, 9.17) is 0 Å². The average molecular weight is 211 g/mol. The molecule has 0 saturated heterocycles. The summed E-state index contributed by atoms with van der Waals surface area (Å²) in [5.41, 5.74) is 1.58. The molecule has 1 aliphatic heterocycles. The van der Waals surface area contributed by atoms with Crippen LogP contribution in [0, 0.1) is 0 Å². The van der Waals surface area contributed by atoms with Crippen molar-refractivity contribution in [1.82, 2.24) is 0 Å². The third-order valence-corrected chi connectivity index (χ3v) is 4.73. The van der Waals surface area contributed by atoms with Crippen LogP contribution in [0.25, 0.3) is 0 Å². The SMILES string of the molecule is CC1(C)Cc2ccccc2[Se]1. The molecular weight excluding hydrogens is 199 g/mol. The van der Waals surface area contributed by atoms with Crippen molar-refractivity contribution >= 4 is 19.4 Å². The zero-order valence-electron chi connectivity index (χ0n) is 6.92. The Morgan fingerprint density at radius 1 is 1.27 bits per heavy atom. The van der Waals surface area contributed by atoms with Gasteiger partial charge in [-0.3, -0.25) is 0 Å². The fourth-order valence-corrected chi connectivity index (χ4v) is 4.15. The van der Waals surface area contributed by atoms with Crippen LogP contribution in [0.15, 0.2) is 24.3 Å². The number of rotatable bonds is 0. The molecule has 0 nitrogen and oxygen atoms in total. The summed E-state index contributed by atoms with van der Waals surface area (Å²) in [7, 11) is 0. The first-order valence-corrected chi connectivity index (χ1v) is 5.66. The molecule has 11 heavy (non-hydrogen) atoms. The van der Waals surface area contributed by atoms with Gasteiger partial charge in [0.25, 0.3) is 0 Å². The quantitative estimate of drug-likeness (QED) is 0.574. The van der Waals surface area contributed by atoms with E-state index in [2.05, 4.69) is 38.1 Å². The van der Waals surface area contributed by atoms with Crippen LogP contribution in [0.1, 0.15) is 19.4 Å². The molecule has 1 aromatic rings. The van der Waals surface area contributed by atoms with Gasteiger partial charge in [-0.2, -0.15) is 0 Å². The molecule has 0 bridgehead atoms. The summed E-state index contributed by atoms with van der Waals surface area (Å²) in [5, 5.41) is 0. The van der Waals surface area contributed by atoms with Crippen molar-refractivity contribution in [3.63, 3.8) is 0 Å². The van der Waals surface area contributed by atoms with Crippen LogP contribution < -0.4 is 4.46 Å². The summed E-state index contributed by atoms with van der Waals surface area (Å²) < 4.78 is 2.18. The van der Waals surface area contributed by atoms with Crippen LogP contribution in [0.2, 0.25) is 4.31 Å². The Hall–Kier alpha value is -0.261. The molecule has 0 spiro atoms. The molecule has 0 unspecified atom stereocenters. The third kappa shape index (κ3) is 1.36. The van der Waals surface area contributed by atoms with Gasteiger partial charge >= 0.3 is 73.8 Å². The van der Waals surface area contributed by atoms with Crippen molar-refractivity contribution in [2.24, 2.45) is 0 Å². The molecule has 2 rings (SSSR count). The summed E-state index contributed by atoms with van der Waals surface area (Å²) in [6, 6.07) is 8.86. The molecule has 1 heteroatoms. The summed E-state index contributed by atoms with van der Waals surface area (Å²) >= 11 is 0.698. The molecule has 0 aliphatic carbocycles. The average Bonchev–Trinajstić information content (AvgIpc) is 2.21. The van der Waals surface area contributed by atoms with E-state index >= 15 is 0 Å². The van der Waals surface area contributed by atoms with Crippen molar-refractivity contribution in [2.75, 3.05) is 0 Å². The van der Waals surface area contributed by atoms with Crippen LogP contribution in [-0.2, 0) is 6.42 Å². The van der Waals surface area contributed by atoms with E-state index < -0.39 is 0 Å². The van der Waals surface area contributed by atoms with Crippen LogP contribution in [0.3, 0.4) is 0 Å². The Labute approximate surface area is 74.2 Å². The van der Waals surface area contributed by atoms with Gasteiger partial charge in [-0.15, -0.1) is 0 Å². The van der Waals surface area contributed by atoms with Crippen molar-refractivity contribution in [3.8, 4) is 0 Å². The monoisotopic (exact) mass is 212 g/mol. The van der Waals surface area contributed by atoms with Gasteiger partial charge in [-0.25, -0.2) is 0 Å². The molecule has 1 heterocycles. The van der Waals surface area contributed by atoms with E-state index in [1.165, 1.54) is 6.42 Å². The fourth-order valence-electron chi connectivity index (χ4n) is 1.54. The number of hydrogen-bond donors (Lipinski definition) is 0. The summed E-state index contributed by atoms with van der Waals surface area (Å²) in [5.74, 6) is 0. The van der Waals surface area contributed by atoms with Gasteiger partial charge in [0.05, 0.1) is 0 Å². The van der Waals surface area contributed by atoms with E-state index in [0.717, 1.165) is 0 Å². The Balaban J connectivity index is 2.41. The van der Waals surface area contributed by atoms with Gasteiger partial charge in [0, 0.05) is 0 Å². The minimum absolute atomic E-state index is 0.566. The normalized spacial score (nSPS) is 19.8. The second-order valence-corrected chi connectivity index (χ2v) is 7.32. The Morgan fingerprint density at radius 2 is 2.00 bits per heavy atom. The molecule has 0 amide bonds. The molecule has 0 N–H and O–H groups in total. The van der Waals surface area contributed by atoms with Crippen LogP contribution in [0.4, 0.5) is 0 Å². The topological polar surface area (TPSA) is 0 Å². The second kappa shape index (κ2) is 2.36. The van der Waals surface area contributed by atoms with E-state index in [0.29, 0.717) is 19.3 Å². The fraction of sp³-hybridized carbons (Fsp3) is 0.400. The van der Waals surface area contributed by atoms with Gasteiger partial charge in [0.15, 0.2) is 0 Å². The predicted octanol–water partition coefficient (Wildman–Crippen LogP) is 1.77. The molecular formula is C10H12Se. The van der Waals surface area contributed by atoms with Crippen molar-refractivity contribution in [2.45, 2.75) is 24.6 Å². The minimum atomic E-state index is 0.566. The molecule has 0 aromatic heterocycles. The summed E-state index contributed by atoms with van der Waals surface area (Å²) in [6.07, 6.45) is 1.28. The van der Waals surface area contributed by atoms with Crippen molar-refractivity contribution < 1.29 is 0 Å². The first kappa shape index (κ1) is 7.39. The van der Waals surface area contributed by atoms with Crippen LogP contribution in [0.5, 0.6) is 0 Å². The molecule has 1 aliphatic rings. The van der Waals surface area contributed by atoms with Crippen molar-refractivity contribution in [3.05, 3.63) is 29.8 Å². The van der Waals surface area contributed by atoms with E-state index in [9.17, 15) is 0 Å². The zero-order valence-corrected chi connectivity index (χ0v) is 8.64. The second-order valence-electron chi connectivity index (χ2n) is 3.65. The molecule has 0 atom stereocenters. The Bertz CT molecular complexity index is 249. The number of hydrogen-bond acceptors (Lipinski definition) is 0. The first-order valence-electron chi connectivity index (χ1n) is 3.94. The summed E-state index contributed by atoms with van der Waals surface area (Å²) in [6.45, 7) is 4.74. The standard InChI is InChI=1S/C10H12Se/c1-10(2)7-8-5-3-4-6-9(8)11-10/h3-6H,7H2,1-2H3. The van der Waals surface area contributed by atoms with E-state index in [-0.39, 0.29) is 0 Å². The number of benzene rings is 1. The van der Waals surface area contributed by atoms with Crippen LogP contribution in [-0.4, -0.2) is 15.0 Å². The predicted molar refractivity (Wildman–Crippen MR) is 49.6 cm³/mol. The van der Waals surface area contributed by atoms with E-state index in [1.807, 2.05) is 0 Å². The zero-order chi connectivity index (χ0) is 7.90. The first-order chi connectivity index (χ1) is 5.17. The number of fused-ring (bicyclic) bond motifs is 1. The molecule has 0 saturated carbocycles. The van der Waals surface area contributed by atoms with Gasteiger partial charge in [-0.05, 0) is 0 Å². The summed E-state index contributed by atoms with van der Waals surface area (Å²) in [4.78, 5) is 0. The van der Waals surface area contributed by atoms with Gasteiger partial charge in [0.2, 0.25) is 0 Å². The molecule has 0 radical (unpaired) electrons. The molecule has 58 valence electrons. The molecule has 1 aromatic carbocycles. The van der Waals surface area contributed by atoms with Gasteiger partial charge in [0.1, 0.15) is 0 Å². The van der Waals surface area contributed by atoms with E-state index in [1.54, 1.807) is 10.0 Å². The maximum atomic E-state index is 2.37. The van der Waals surface area contributed by atoms with Crippen LogP contribution >= 0.6 is 0 Å². The van der Waals surface area contributed by atoms with Crippen molar-refractivity contribution in [1.29, 1.82) is 0 Å². The van der Waals surface area contributed by atoms with Gasteiger partial charge in [-0.1, -0.05) is 0 Å². The maximum absolute atomic E-state index is 2.37. The van der Waals surface area contributed by atoms with Gasteiger partial charge < -0.3 is 0 Å².